The van der Waals surface area contributed by atoms with Gasteiger partial charge in [0.25, 0.3) is 0 Å². The third-order valence-electron chi connectivity index (χ3n) is 3.08. The minimum atomic E-state index is -3.41. The summed E-state index contributed by atoms with van der Waals surface area (Å²) in [6, 6.07) is 8.75. The second-order valence-corrected chi connectivity index (χ2v) is 7.39. The maximum Gasteiger partial charge on any atom is 0.243 e. The van der Waals surface area contributed by atoms with Crippen molar-refractivity contribution < 1.29 is 8.42 Å². The maximum atomic E-state index is 12.6. The molecule has 1 aromatic heterocycles. The summed E-state index contributed by atoms with van der Waals surface area (Å²) < 4.78 is 26.9. The van der Waals surface area contributed by atoms with Gasteiger partial charge in [-0.2, -0.15) is 4.31 Å². The summed E-state index contributed by atoms with van der Waals surface area (Å²) >= 11 is 1.49. The second-order valence-electron chi connectivity index (χ2n) is 4.52. The highest BCUT2D eigenvalue weighted by Crippen LogP contribution is 2.33. The van der Waals surface area contributed by atoms with Crippen molar-refractivity contribution >= 4 is 21.4 Å². The Labute approximate surface area is 116 Å². The summed E-state index contributed by atoms with van der Waals surface area (Å²) in [5.41, 5.74) is 0. The molecule has 0 aliphatic heterocycles. The van der Waals surface area contributed by atoms with Gasteiger partial charge < -0.3 is 0 Å². The predicted octanol–water partition coefficient (Wildman–Crippen LogP) is 2.50. The molecule has 0 spiro atoms. The van der Waals surface area contributed by atoms with Gasteiger partial charge in [-0.3, -0.25) is 0 Å². The molecule has 1 heterocycles. The fourth-order valence-corrected chi connectivity index (χ4v) is 4.33. The highest BCUT2D eigenvalue weighted by atomic mass is 32.2. The lowest BCUT2D eigenvalue weighted by molar-refractivity contribution is 0.398. The van der Waals surface area contributed by atoms with E-state index in [1.807, 2.05) is 11.4 Å². The van der Waals surface area contributed by atoms with E-state index in [1.165, 1.54) is 11.3 Å². The lowest BCUT2D eigenvalue weighted by atomic mass is 10.4. The summed E-state index contributed by atoms with van der Waals surface area (Å²) in [5, 5.41) is 2.71. The van der Waals surface area contributed by atoms with E-state index in [-0.39, 0.29) is 6.04 Å². The second kappa shape index (κ2) is 5.03. The van der Waals surface area contributed by atoms with Gasteiger partial charge in [0.1, 0.15) is 5.01 Å². The molecule has 0 amide bonds. The Kier molecular flexibility index (Phi) is 3.38. The van der Waals surface area contributed by atoms with Crippen LogP contribution in [0.5, 0.6) is 0 Å². The third-order valence-corrected chi connectivity index (χ3v) is 5.76. The number of benzene rings is 1. The molecule has 1 fully saturated rings. The molecule has 1 aliphatic rings. The molecule has 2 aromatic rings. The summed E-state index contributed by atoms with van der Waals surface area (Å²) in [6.45, 7) is 0.375. The van der Waals surface area contributed by atoms with Crippen molar-refractivity contribution in [2.75, 3.05) is 0 Å². The van der Waals surface area contributed by atoms with Crippen LogP contribution in [0.1, 0.15) is 17.8 Å². The van der Waals surface area contributed by atoms with Crippen LogP contribution in [-0.4, -0.2) is 23.7 Å². The summed E-state index contributed by atoms with van der Waals surface area (Å²) in [7, 11) is -3.41. The Hall–Kier alpha value is -1.24. The fraction of sp³-hybridized carbons (Fsp3) is 0.308. The zero-order chi connectivity index (χ0) is 13.3. The van der Waals surface area contributed by atoms with E-state index < -0.39 is 10.0 Å². The predicted molar refractivity (Wildman–Crippen MR) is 74.3 cm³/mol. The topological polar surface area (TPSA) is 50.3 Å². The fourth-order valence-electron chi connectivity index (χ4n) is 1.97. The van der Waals surface area contributed by atoms with E-state index in [1.54, 1.807) is 34.8 Å². The van der Waals surface area contributed by atoms with Crippen molar-refractivity contribution in [2.24, 2.45) is 0 Å². The molecule has 6 heteroatoms. The van der Waals surface area contributed by atoms with Crippen LogP contribution >= 0.6 is 11.3 Å². The zero-order valence-corrected chi connectivity index (χ0v) is 11.9. The Bertz CT molecular complexity index is 635. The van der Waals surface area contributed by atoms with Gasteiger partial charge in [-0.1, -0.05) is 18.2 Å². The van der Waals surface area contributed by atoms with Crippen molar-refractivity contribution in [3.63, 3.8) is 0 Å². The molecule has 0 saturated heterocycles. The van der Waals surface area contributed by atoms with Gasteiger partial charge in [-0.25, -0.2) is 13.4 Å². The van der Waals surface area contributed by atoms with Gasteiger partial charge >= 0.3 is 0 Å². The zero-order valence-electron chi connectivity index (χ0n) is 10.3. The monoisotopic (exact) mass is 294 g/mol. The van der Waals surface area contributed by atoms with Crippen LogP contribution in [0.15, 0.2) is 46.8 Å². The van der Waals surface area contributed by atoms with Crippen molar-refractivity contribution in [2.45, 2.75) is 30.3 Å². The molecular weight excluding hydrogens is 280 g/mol. The Morgan fingerprint density at radius 1 is 1.26 bits per heavy atom. The van der Waals surface area contributed by atoms with Crippen LogP contribution in [0, 0.1) is 0 Å². The molecule has 0 bridgehead atoms. The SMILES string of the molecule is O=S(=O)(c1ccccc1)N(Cc1nccs1)C1CC1. The molecule has 0 radical (unpaired) electrons. The van der Waals surface area contributed by atoms with Gasteiger partial charge in [0, 0.05) is 17.6 Å². The maximum absolute atomic E-state index is 12.6. The first-order valence-electron chi connectivity index (χ1n) is 6.13. The van der Waals surface area contributed by atoms with E-state index in [2.05, 4.69) is 4.98 Å². The molecule has 100 valence electrons. The van der Waals surface area contributed by atoms with E-state index in [9.17, 15) is 8.42 Å². The van der Waals surface area contributed by atoms with Gasteiger partial charge in [-0.15, -0.1) is 11.3 Å². The van der Waals surface area contributed by atoms with Crippen molar-refractivity contribution in [3.8, 4) is 0 Å². The van der Waals surface area contributed by atoms with E-state index >= 15 is 0 Å². The first kappa shape index (κ1) is 12.8. The molecule has 4 nitrogen and oxygen atoms in total. The standard InChI is InChI=1S/C13H14N2O2S2/c16-19(17,12-4-2-1-3-5-12)15(11-6-7-11)10-13-14-8-9-18-13/h1-5,8-9,11H,6-7,10H2. The Balaban J connectivity index is 1.92. The molecule has 1 aromatic carbocycles. The van der Waals surface area contributed by atoms with E-state index in [0.717, 1.165) is 17.8 Å². The molecule has 0 unspecified atom stereocenters. The van der Waals surface area contributed by atoms with E-state index in [4.69, 9.17) is 0 Å². The Morgan fingerprint density at radius 2 is 2.00 bits per heavy atom. The first-order chi connectivity index (χ1) is 9.18. The number of nitrogens with zero attached hydrogens (tertiary/aromatic N) is 2. The Morgan fingerprint density at radius 3 is 2.58 bits per heavy atom. The van der Waals surface area contributed by atoms with Crippen LogP contribution in [0.3, 0.4) is 0 Å². The number of sulfonamides is 1. The number of rotatable bonds is 5. The van der Waals surface area contributed by atoms with Gasteiger partial charge in [0.15, 0.2) is 0 Å². The average molecular weight is 294 g/mol. The highest BCUT2D eigenvalue weighted by Gasteiger charge is 2.38. The van der Waals surface area contributed by atoms with Gasteiger partial charge in [-0.05, 0) is 25.0 Å². The molecule has 0 N–H and O–H groups in total. The van der Waals surface area contributed by atoms with Crippen LogP contribution < -0.4 is 0 Å². The molecular formula is C13H14N2O2S2. The summed E-state index contributed by atoms with van der Waals surface area (Å²) in [5.74, 6) is 0. The largest absolute Gasteiger partial charge is 0.248 e. The number of hydrogen-bond acceptors (Lipinski definition) is 4. The molecule has 3 rings (SSSR count). The lowest BCUT2D eigenvalue weighted by Gasteiger charge is -2.20. The number of hydrogen-bond donors (Lipinski definition) is 0. The number of aromatic nitrogens is 1. The van der Waals surface area contributed by atoms with Crippen LogP contribution in [0.25, 0.3) is 0 Å². The van der Waals surface area contributed by atoms with Crippen molar-refractivity contribution in [1.82, 2.24) is 9.29 Å². The van der Waals surface area contributed by atoms with Gasteiger partial charge in [0.2, 0.25) is 10.0 Å². The van der Waals surface area contributed by atoms with Crippen LogP contribution in [0.2, 0.25) is 0 Å². The molecule has 0 atom stereocenters. The smallest absolute Gasteiger partial charge is 0.243 e. The van der Waals surface area contributed by atoms with Crippen molar-refractivity contribution in [1.29, 1.82) is 0 Å². The van der Waals surface area contributed by atoms with Gasteiger partial charge in [0.05, 0.1) is 11.4 Å². The van der Waals surface area contributed by atoms with Crippen LogP contribution in [-0.2, 0) is 16.6 Å². The average Bonchev–Trinajstić information content (AvgIpc) is 3.13. The molecule has 19 heavy (non-hydrogen) atoms. The highest BCUT2D eigenvalue weighted by molar-refractivity contribution is 7.89. The van der Waals surface area contributed by atoms with E-state index in [0.29, 0.717) is 11.4 Å². The van der Waals surface area contributed by atoms with Crippen LogP contribution in [0.4, 0.5) is 0 Å². The van der Waals surface area contributed by atoms with Crippen molar-refractivity contribution in [3.05, 3.63) is 46.9 Å². The molecule has 1 saturated carbocycles. The minimum Gasteiger partial charge on any atom is -0.248 e. The lowest BCUT2D eigenvalue weighted by Crippen LogP contribution is -2.32. The first-order valence-corrected chi connectivity index (χ1v) is 8.45. The summed E-state index contributed by atoms with van der Waals surface area (Å²) in [4.78, 5) is 4.55. The summed E-state index contributed by atoms with van der Waals surface area (Å²) in [6.07, 6.45) is 3.59. The quantitative estimate of drug-likeness (QED) is 0.851. The number of thiazole rings is 1. The minimum absolute atomic E-state index is 0.133. The third kappa shape index (κ3) is 2.70. The normalized spacial score (nSPS) is 15.8. The molecule has 1 aliphatic carbocycles.